The first-order valence-corrected chi connectivity index (χ1v) is 6.65. The van der Waals surface area contributed by atoms with Gasteiger partial charge in [-0.3, -0.25) is 0 Å². The molecule has 1 atom stereocenters. The molecule has 96 valence electrons. The maximum atomic E-state index is 13.0. The van der Waals surface area contributed by atoms with Gasteiger partial charge in [-0.05, 0) is 56.0 Å². The Kier molecular flexibility index (Phi) is 6.20. The number of benzene rings is 1. The molecule has 1 aromatic carbocycles. The lowest BCUT2D eigenvalue weighted by Gasteiger charge is -2.19. The van der Waals surface area contributed by atoms with E-state index in [9.17, 15) is 4.39 Å². The van der Waals surface area contributed by atoms with Crippen molar-refractivity contribution in [2.24, 2.45) is 0 Å². The number of hydrogen-bond acceptors (Lipinski definition) is 1. The first kappa shape index (κ1) is 14.2. The second-order valence-corrected chi connectivity index (χ2v) is 4.71. The molecule has 0 radical (unpaired) electrons. The average molecular weight is 237 g/mol. The van der Waals surface area contributed by atoms with Crippen LogP contribution in [0.25, 0.3) is 0 Å². The first-order chi connectivity index (χ1) is 8.17. The molecule has 1 aromatic rings. The second-order valence-electron chi connectivity index (χ2n) is 4.71. The minimum Gasteiger partial charge on any atom is -0.314 e. The van der Waals surface area contributed by atoms with Gasteiger partial charge in [0.15, 0.2) is 0 Å². The Bertz CT molecular complexity index is 336. The topological polar surface area (TPSA) is 12.0 Å². The molecule has 0 spiro atoms. The highest BCUT2D eigenvalue weighted by Crippen LogP contribution is 2.14. The summed E-state index contributed by atoms with van der Waals surface area (Å²) < 4.78 is 13.0. The Morgan fingerprint density at radius 2 is 2.00 bits per heavy atom. The van der Waals surface area contributed by atoms with Crippen LogP contribution in [0.5, 0.6) is 0 Å². The van der Waals surface area contributed by atoms with Crippen molar-refractivity contribution in [3.05, 3.63) is 35.1 Å². The molecular weight excluding hydrogens is 213 g/mol. The van der Waals surface area contributed by atoms with Gasteiger partial charge in [-0.25, -0.2) is 4.39 Å². The van der Waals surface area contributed by atoms with Crippen molar-refractivity contribution < 1.29 is 4.39 Å². The molecule has 2 heteroatoms. The Morgan fingerprint density at radius 3 is 2.59 bits per heavy atom. The van der Waals surface area contributed by atoms with Crippen LogP contribution in [0, 0.1) is 12.7 Å². The van der Waals surface area contributed by atoms with Crippen molar-refractivity contribution in [3.8, 4) is 0 Å². The monoisotopic (exact) mass is 237 g/mol. The van der Waals surface area contributed by atoms with E-state index in [0.29, 0.717) is 6.04 Å². The van der Waals surface area contributed by atoms with Crippen LogP contribution in [-0.4, -0.2) is 12.6 Å². The molecule has 0 aliphatic carbocycles. The van der Waals surface area contributed by atoms with Crippen LogP contribution >= 0.6 is 0 Å². The van der Waals surface area contributed by atoms with Crippen LogP contribution in [0.2, 0.25) is 0 Å². The van der Waals surface area contributed by atoms with Crippen LogP contribution < -0.4 is 5.32 Å². The summed E-state index contributed by atoms with van der Waals surface area (Å²) in [5.41, 5.74) is 2.32. The molecule has 0 fully saturated rings. The van der Waals surface area contributed by atoms with E-state index >= 15 is 0 Å². The number of rotatable bonds is 7. The van der Waals surface area contributed by atoms with Gasteiger partial charge in [-0.15, -0.1) is 0 Å². The van der Waals surface area contributed by atoms with Gasteiger partial charge >= 0.3 is 0 Å². The van der Waals surface area contributed by atoms with Gasteiger partial charge in [0.1, 0.15) is 5.82 Å². The van der Waals surface area contributed by atoms with E-state index in [0.717, 1.165) is 24.9 Å². The standard InChI is InChI=1S/C15H24FN/c1-4-6-15(17-9-5-2)11-13-7-8-14(16)10-12(13)3/h7-8,10,15,17H,4-6,9,11H2,1-3H3. The lowest BCUT2D eigenvalue weighted by atomic mass is 9.98. The summed E-state index contributed by atoms with van der Waals surface area (Å²) in [6.45, 7) is 7.43. The molecule has 0 heterocycles. The van der Waals surface area contributed by atoms with E-state index in [1.165, 1.54) is 18.4 Å². The molecule has 1 N–H and O–H groups in total. The normalized spacial score (nSPS) is 12.7. The summed E-state index contributed by atoms with van der Waals surface area (Å²) in [6, 6.07) is 5.62. The predicted molar refractivity (Wildman–Crippen MR) is 71.8 cm³/mol. The van der Waals surface area contributed by atoms with E-state index in [1.54, 1.807) is 12.1 Å². The van der Waals surface area contributed by atoms with Crippen molar-refractivity contribution in [2.45, 2.75) is 52.5 Å². The highest BCUT2D eigenvalue weighted by molar-refractivity contribution is 5.27. The van der Waals surface area contributed by atoms with Gasteiger partial charge in [0, 0.05) is 6.04 Å². The first-order valence-electron chi connectivity index (χ1n) is 6.65. The fraction of sp³-hybridized carbons (Fsp3) is 0.600. The van der Waals surface area contributed by atoms with Crippen molar-refractivity contribution >= 4 is 0 Å². The van der Waals surface area contributed by atoms with Crippen LogP contribution in [0.3, 0.4) is 0 Å². The van der Waals surface area contributed by atoms with Crippen molar-refractivity contribution in [1.82, 2.24) is 5.32 Å². The number of aryl methyl sites for hydroxylation is 1. The van der Waals surface area contributed by atoms with Crippen molar-refractivity contribution in [2.75, 3.05) is 6.54 Å². The molecule has 1 nitrogen and oxygen atoms in total. The molecule has 1 unspecified atom stereocenters. The number of nitrogens with one attached hydrogen (secondary N) is 1. The number of hydrogen-bond donors (Lipinski definition) is 1. The van der Waals surface area contributed by atoms with Gasteiger partial charge in [0.2, 0.25) is 0 Å². The minimum atomic E-state index is -0.139. The summed E-state index contributed by atoms with van der Waals surface area (Å²) >= 11 is 0. The Morgan fingerprint density at radius 1 is 1.24 bits per heavy atom. The van der Waals surface area contributed by atoms with E-state index in [1.807, 2.05) is 13.0 Å². The van der Waals surface area contributed by atoms with Crippen LogP contribution in [0.15, 0.2) is 18.2 Å². The summed E-state index contributed by atoms with van der Waals surface area (Å²) in [5, 5.41) is 3.57. The SMILES string of the molecule is CCCNC(CCC)Cc1ccc(F)cc1C. The Balaban J connectivity index is 2.64. The maximum Gasteiger partial charge on any atom is 0.123 e. The highest BCUT2D eigenvalue weighted by atomic mass is 19.1. The van der Waals surface area contributed by atoms with E-state index in [2.05, 4.69) is 19.2 Å². The smallest absolute Gasteiger partial charge is 0.123 e. The molecule has 0 bridgehead atoms. The quantitative estimate of drug-likeness (QED) is 0.759. The zero-order chi connectivity index (χ0) is 12.7. The molecule has 0 amide bonds. The van der Waals surface area contributed by atoms with Crippen LogP contribution in [0.1, 0.15) is 44.2 Å². The summed E-state index contributed by atoms with van der Waals surface area (Å²) in [4.78, 5) is 0. The zero-order valence-electron chi connectivity index (χ0n) is 11.2. The molecule has 17 heavy (non-hydrogen) atoms. The fourth-order valence-corrected chi connectivity index (χ4v) is 2.13. The molecule has 0 saturated heterocycles. The third-order valence-corrected chi connectivity index (χ3v) is 3.09. The zero-order valence-corrected chi connectivity index (χ0v) is 11.2. The molecule has 0 aromatic heterocycles. The second kappa shape index (κ2) is 7.44. The van der Waals surface area contributed by atoms with E-state index in [4.69, 9.17) is 0 Å². The van der Waals surface area contributed by atoms with E-state index < -0.39 is 0 Å². The fourth-order valence-electron chi connectivity index (χ4n) is 2.13. The predicted octanol–water partition coefficient (Wildman–Crippen LogP) is 3.84. The largest absolute Gasteiger partial charge is 0.314 e. The highest BCUT2D eigenvalue weighted by Gasteiger charge is 2.09. The van der Waals surface area contributed by atoms with Crippen LogP contribution in [0.4, 0.5) is 4.39 Å². The third-order valence-electron chi connectivity index (χ3n) is 3.09. The lowest BCUT2D eigenvalue weighted by Crippen LogP contribution is -2.31. The Labute approximate surface area is 104 Å². The molecular formula is C15H24FN. The van der Waals surface area contributed by atoms with Gasteiger partial charge in [0.25, 0.3) is 0 Å². The lowest BCUT2D eigenvalue weighted by molar-refractivity contribution is 0.472. The summed E-state index contributed by atoms with van der Waals surface area (Å²) in [5.74, 6) is -0.139. The van der Waals surface area contributed by atoms with Crippen molar-refractivity contribution in [3.63, 3.8) is 0 Å². The minimum absolute atomic E-state index is 0.139. The average Bonchev–Trinajstić information content (AvgIpc) is 2.29. The third kappa shape index (κ3) is 4.86. The summed E-state index contributed by atoms with van der Waals surface area (Å²) in [6.07, 6.45) is 4.51. The molecule has 0 saturated carbocycles. The molecule has 0 aliphatic heterocycles. The van der Waals surface area contributed by atoms with Gasteiger partial charge in [0.05, 0.1) is 0 Å². The van der Waals surface area contributed by atoms with E-state index in [-0.39, 0.29) is 5.82 Å². The maximum absolute atomic E-state index is 13.0. The molecule has 0 aliphatic rings. The Hall–Kier alpha value is -0.890. The van der Waals surface area contributed by atoms with Crippen molar-refractivity contribution in [1.29, 1.82) is 0 Å². The van der Waals surface area contributed by atoms with Crippen LogP contribution in [-0.2, 0) is 6.42 Å². The number of halogens is 1. The van der Waals surface area contributed by atoms with Gasteiger partial charge < -0.3 is 5.32 Å². The van der Waals surface area contributed by atoms with Gasteiger partial charge in [-0.1, -0.05) is 26.3 Å². The summed E-state index contributed by atoms with van der Waals surface area (Å²) in [7, 11) is 0. The molecule has 1 rings (SSSR count). The van der Waals surface area contributed by atoms with Gasteiger partial charge in [-0.2, -0.15) is 0 Å².